The van der Waals surface area contributed by atoms with Crippen molar-refractivity contribution in [2.75, 3.05) is 26.0 Å². The van der Waals surface area contributed by atoms with Crippen molar-refractivity contribution in [3.8, 4) is 0 Å². The lowest BCUT2D eigenvalue weighted by Gasteiger charge is -2.22. The van der Waals surface area contributed by atoms with Crippen LogP contribution < -0.4 is 5.32 Å². The number of nitrogens with one attached hydrogen (secondary N) is 1. The van der Waals surface area contributed by atoms with E-state index in [4.69, 9.17) is 4.74 Å². The second kappa shape index (κ2) is 8.34. The van der Waals surface area contributed by atoms with Crippen LogP contribution >= 0.6 is 11.8 Å². The zero-order valence-electron chi connectivity index (χ0n) is 11.2. The summed E-state index contributed by atoms with van der Waals surface area (Å²) in [6, 6.07) is 0. The summed E-state index contributed by atoms with van der Waals surface area (Å²) in [4.78, 5) is 0. The molecule has 98 valence electrons. The molecule has 0 aliphatic heterocycles. The fourth-order valence-electron chi connectivity index (χ4n) is 1.10. The Morgan fingerprint density at radius 3 is 2.50 bits per heavy atom. The van der Waals surface area contributed by atoms with Crippen molar-refractivity contribution in [3.63, 3.8) is 0 Å². The molecule has 0 amide bonds. The lowest BCUT2D eigenvalue weighted by Crippen LogP contribution is -2.34. The largest absolute Gasteiger partial charge is 0.389 e. The van der Waals surface area contributed by atoms with E-state index in [1.807, 2.05) is 32.5 Å². The van der Waals surface area contributed by atoms with Gasteiger partial charge in [-0.1, -0.05) is 6.92 Å². The molecule has 2 atom stereocenters. The van der Waals surface area contributed by atoms with Gasteiger partial charge in [0, 0.05) is 11.8 Å². The third kappa shape index (κ3) is 10.7. The molecular weight excluding hydrogens is 222 g/mol. The molecule has 0 spiro atoms. The maximum atomic E-state index is 9.64. The molecule has 2 N–H and O–H groups in total. The van der Waals surface area contributed by atoms with Gasteiger partial charge >= 0.3 is 0 Å². The molecule has 0 fully saturated rings. The van der Waals surface area contributed by atoms with Crippen molar-refractivity contribution < 1.29 is 9.84 Å². The van der Waals surface area contributed by atoms with Crippen molar-refractivity contribution in [2.24, 2.45) is 0 Å². The Morgan fingerprint density at radius 1 is 1.38 bits per heavy atom. The minimum absolute atomic E-state index is 0.172. The third-order valence-corrected chi connectivity index (χ3v) is 3.26. The predicted molar refractivity (Wildman–Crippen MR) is 72.2 cm³/mol. The second-order valence-corrected chi connectivity index (χ2v) is 6.39. The summed E-state index contributed by atoms with van der Waals surface area (Å²) in [6.07, 6.45) is 2.84. The Balaban J connectivity index is 3.40. The first-order chi connectivity index (χ1) is 7.35. The molecule has 0 aromatic heterocycles. The van der Waals surface area contributed by atoms with Crippen LogP contribution in [-0.4, -0.2) is 48.0 Å². The minimum Gasteiger partial charge on any atom is -0.389 e. The van der Waals surface area contributed by atoms with Crippen molar-refractivity contribution in [1.29, 1.82) is 0 Å². The summed E-state index contributed by atoms with van der Waals surface area (Å²) in [7, 11) is 0. The highest BCUT2D eigenvalue weighted by Crippen LogP contribution is 2.08. The number of rotatable bonds is 8. The van der Waals surface area contributed by atoms with Crippen LogP contribution in [0.5, 0.6) is 0 Å². The van der Waals surface area contributed by atoms with Crippen LogP contribution in [0.3, 0.4) is 0 Å². The van der Waals surface area contributed by atoms with Gasteiger partial charge in [-0.15, -0.1) is 0 Å². The Kier molecular flexibility index (Phi) is 8.46. The average Bonchev–Trinajstić information content (AvgIpc) is 2.20. The van der Waals surface area contributed by atoms with Gasteiger partial charge in [-0.2, -0.15) is 11.8 Å². The molecule has 0 aromatic carbocycles. The van der Waals surface area contributed by atoms with Crippen LogP contribution in [0.25, 0.3) is 0 Å². The van der Waals surface area contributed by atoms with Gasteiger partial charge in [0.25, 0.3) is 0 Å². The van der Waals surface area contributed by atoms with Crippen LogP contribution in [0.2, 0.25) is 0 Å². The molecule has 0 saturated heterocycles. The zero-order chi connectivity index (χ0) is 12.6. The van der Waals surface area contributed by atoms with E-state index in [2.05, 4.69) is 18.5 Å². The zero-order valence-corrected chi connectivity index (χ0v) is 12.1. The van der Waals surface area contributed by atoms with Crippen LogP contribution in [0.1, 0.15) is 34.1 Å². The predicted octanol–water partition coefficient (Wildman–Crippen LogP) is 1.89. The number of hydrogen-bond acceptors (Lipinski definition) is 4. The number of aliphatic hydroxyl groups is 1. The van der Waals surface area contributed by atoms with Gasteiger partial charge in [-0.25, -0.2) is 0 Å². The van der Waals surface area contributed by atoms with E-state index in [1.165, 1.54) is 0 Å². The maximum Gasteiger partial charge on any atom is 0.0897 e. The Morgan fingerprint density at radius 2 is 2.00 bits per heavy atom. The van der Waals surface area contributed by atoms with E-state index >= 15 is 0 Å². The lowest BCUT2D eigenvalue weighted by atomic mass is 10.2. The van der Waals surface area contributed by atoms with Crippen LogP contribution in [-0.2, 0) is 4.74 Å². The number of hydrogen-bond donors (Lipinski definition) is 2. The quantitative estimate of drug-likeness (QED) is 0.645. The molecule has 0 radical (unpaired) electrons. The molecule has 0 aromatic rings. The summed E-state index contributed by atoms with van der Waals surface area (Å²) in [5, 5.41) is 13.6. The lowest BCUT2D eigenvalue weighted by molar-refractivity contribution is -0.0478. The molecule has 0 aliphatic carbocycles. The second-order valence-electron chi connectivity index (χ2n) is 5.12. The Bertz CT molecular complexity index is 171. The van der Waals surface area contributed by atoms with E-state index in [0.717, 1.165) is 13.0 Å². The summed E-state index contributed by atoms with van der Waals surface area (Å²) >= 11 is 1.87. The van der Waals surface area contributed by atoms with Gasteiger partial charge < -0.3 is 15.2 Å². The summed E-state index contributed by atoms with van der Waals surface area (Å²) < 4.78 is 5.50. The molecule has 0 rings (SSSR count). The topological polar surface area (TPSA) is 41.5 Å². The molecule has 0 bridgehead atoms. The minimum atomic E-state index is -0.413. The highest BCUT2D eigenvalue weighted by molar-refractivity contribution is 7.99. The molecule has 0 aliphatic rings. The molecule has 16 heavy (non-hydrogen) atoms. The monoisotopic (exact) mass is 249 g/mol. The van der Waals surface area contributed by atoms with Gasteiger partial charge in [-0.3, -0.25) is 0 Å². The van der Waals surface area contributed by atoms with Crippen LogP contribution in [0.4, 0.5) is 0 Å². The fraction of sp³-hybridized carbons (Fsp3) is 1.00. The highest BCUT2D eigenvalue weighted by atomic mass is 32.2. The molecule has 4 heteroatoms. The van der Waals surface area contributed by atoms with Crippen molar-refractivity contribution in [2.45, 2.75) is 51.1 Å². The first kappa shape index (κ1) is 16.2. The molecule has 3 nitrogen and oxygen atoms in total. The van der Waals surface area contributed by atoms with Gasteiger partial charge in [0.15, 0.2) is 0 Å². The number of aliphatic hydroxyl groups excluding tert-OH is 1. The normalized spacial score (nSPS) is 16.1. The fourth-order valence-corrected chi connectivity index (χ4v) is 1.45. The first-order valence-corrected chi connectivity index (χ1v) is 7.19. The number of ether oxygens (including phenoxy) is 1. The summed E-state index contributed by atoms with van der Waals surface area (Å²) in [5.41, 5.74) is -0.172. The standard InChI is InChI=1S/C12H27NO2S/c1-10(16-5)6-7-13-8-11(14)9-15-12(2,3)4/h10-11,13-14H,6-9H2,1-5H3. The molecule has 2 unspecified atom stereocenters. The van der Waals surface area contributed by atoms with E-state index in [1.54, 1.807) is 0 Å². The van der Waals surface area contributed by atoms with Gasteiger partial charge in [0.05, 0.1) is 18.3 Å². The summed E-state index contributed by atoms with van der Waals surface area (Å²) in [6.45, 7) is 10.2. The van der Waals surface area contributed by atoms with Crippen molar-refractivity contribution in [1.82, 2.24) is 5.32 Å². The molecular formula is C12H27NO2S. The van der Waals surface area contributed by atoms with E-state index in [0.29, 0.717) is 18.4 Å². The van der Waals surface area contributed by atoms with E-state index in [-0.39, 0.29) is 5.60 Å². The first-order valence-electron chi connectivity index (χ1n) is 5.90. The Hall–Kier alpha value is 0.230. The molecule has 0 saturated carbocycles. The highest BCUT2D eigenvalue weighted by Gasteiger charge is 2.13. The van der Waals surface area contributed by atoms with E-state index < -0.39 is 6.10 Å². The van der Waals surface area contributed by atoms with Gasteiger partial charge in [0.1, 0.15) is 0 Å². The average molecular weight is 249 g/mol. The number of thioether (sulfide) groups is 1. The van der Waals surface area contributed by atoms with Crippen LogP contribution in [0.15, 0.2) is 0 Å². The van der Waals surface area contributed by atoms with Gasteiger partial charge in [0.2, 0.25) is 0 Å². The van der Waals surface area contributed by atoms with Crippen molar-refractivity contribution in [3.05, 3.63) is 0 Å². The van der Waals surface area contributed by atoms with E-state index in [9.17, 15) is 5.11 Å². The smallest absolute Gasteiger partial charge is 0.0897 e. The molecule has 0 heterocycles. The maximum absolute atomic E-state index is 9.64. The van der Waals surface area contributed by atoms with Crippen molar-refractivity contribution >= 4 is 11.8 Å². The SMILES string of the molecule is CSC(C)CCNCC(O)COC(C)(C)C. The summed E-state index contributed by atoms with van der Waals surface area (Å²) in [5.74, 6) is 0. The third-order valence-electron chi connectivity index (χ3n) is 2.22. The Labute approximate surface area is 104 Å². The van der Waals surface area contributed by atoms with Gasteiger partial charge in [-0.05, 0) is 40.0 Å². The van der Waals surface area contributed by atoms with Crippen LogP contribution in [0, 0.1) is 0 Å².